The summed E-state index contributed by atoms with van der Waals surface area (Å²) >= 11 is 0. The van der Waals surface area contributed by atoms with Gasteiger partial charge in [-0.2, -0.15) is 0 Å². The van der Waals surface area contributed by atoms with Crippen LogP contribution in [-0.2, 0) is 6.42 Å². The molecule has 1 aliphatic heterocycles. The number of hydrogen-bond acceptors (Lipinski definition) is 5. The van der Waals surface area contributed by atoms with Gasteiger partial charge >= 0.3 is 0 Å². The van der Waals surface area contributed by atoms with Gasteiger partial charge in [0, 0.05) is 34.2 Å². The molecule has 0 unspecified atom stereocenters. The Morgan fingerprint density at radius 3 is 2.35 bits per heavy atom. The van der Waals surface area contributed by atoms with E-state index in [2.05, 4.69) is 12.1 Å². The highest BCUT2D eigenvalue weighted by Crippen LogP contribution is 2.49. The van der Waals surface area contributed by atoms with Crippen LogP contribution in [0.2, 0.25) is 0 Å². The van der Waals surface area contributed by atoms with Gasteiger partial charge in [0.05, 0.1) is 17.9 Å². The van der Waals surface area contributed by atoms with Gasteiger partial charge in [0.2, 0.25) is 0 Å². The average molecular weight is 489 g/mol. The zero-order chi connectivity index (χ0) is 25.1. The number of aryl methyl sites for hydroxylation is 1. The summed E-state index contributed by atoms with van der Waals surface area (Å²) in [6.07, 6.45) is 1.56. The van der Waals surface area contributed by atoms with Crippen molar-refractivity contribution >= 4 is 32.9 Å². The van der Waals surface area contributed by atoms with Crippen molar-refractivity contribution in [3.8, 4) is 22.8 Å². The van der Waals surface area contributed by atoms with Crippen LogP contribution in [0.15, 0.2) is 92.5 Å². The van der Waals surface area contributed by atoms with Gasteiger partial charge in [-0.05, 0) is 31.4 Å². The summed E-state index contributed by atoms with van der Waals surface area (Å²) in [5.74, 6) is 2.15. The van der Waals surface area contributed by atoms with Crippen LogP contribution < -0.4 is 14.9 Å². The summed E-state index contributed by atoms with van der Waals surface area (Å²) < 4.78 is 25.3. The van der Waals surface area contributed by atoms with Crippen LogP contribution in [0.3, 0.4) is 0 Å². The predicted octanol–water partition coefficient (Wildman–Crippen LogP) is 7.74. The Morgan fingerprint density at radius 2 is 1.59 bits per heavy atom. The maximum absolute atomic E-state index is 12.9. The van der Waals surface area contributed by atoms with E-state index in [1.807, 2.05) is 60.7 Å². The minimum absolute atomic E-state index is 0.0884. The fraction of sp³-hybridized carbons (Fsp3) is 0.156. The van der Waals surface area contributed by atoms with E-state index in [-0.39, 0.29) is 11.5 Å². The van der Waals surface area contributed by atoms with E-state index >= 15 is 0 Å². The molecule has 0 fully saturated rings. The maximum atomic E-state index is 12.9. The molecule has 37 heavy (non-hydrogen) atoms. The zero-order valence-corrected chi connectivity index (χ0v) is 20.5. The van der Waals surface area contributed by atoms with E-state index in [9.17, 15) is 4.79 Å². The maximum Gasteiger partial charge on any atom is 0.189 e. The second-order valence-corrected chi connectivity index (χ2v) is 9.51. The average Bonchev–Trinajstić information content (AvgIpc) is 2.95. The molecule has 5 heteroatoms. The number of rotatable bonds is 3. The van der Waals surface area contributed by atoms with E-state index in [1.54, 1.807) is 20.1 Å². The van der Waals surface area contributed by atoms with Gasteiger partial charge in [-0.3, -0.25) is 4.79 Å². The van der Waals surface area contributed by atoms with Gasteiger partial charge in [0.15, 0.2) is 5.43 Å². The summed E-state index contributed by atoms with van der Waals surface area (Å²) in [7, 11) is 1.66. The summed E-state index contributed by atoms with van der Waals surface area (Å²) in [5.41, 5.74) is 5.11. The van der Waals surface area contributed by atoms with Crippen molar-refractivity contribution in [1.82, 2.24) is 0 Å². The fourth-order valence-corrected chi connectivity index (χ4v) is 5.49. The molecule has 6 aromatic rings. The van der Waals surface area contributed by atoms with E-state index in [0.717, 1.165) is 57.2 Å². The number of hydrogen-bond donors (Lipinski definition) is 0. The van der Waals surface area contributed by atoms with Crippen molar-refractivity contribution < 1.29 is 18.3 Å². The Hall–Kier alpha value is -4.51. The fourth-order valence-electron chi connectivity index (χ4n) is 5.49. The highest BCUT2D eigenvalue weighted by molar-refractivity contribution is 6.19. The summed E-state index contributed by atoms with van der Waals surface area (Å²) in [4.78, 5) is 12.9. The van der Waals surface area contributed by atoms with Crippen LogP contribution in [0.1, 0.15) is 29.2 Å². The van der Waals surface area contributed by atoms with Gasteiger partial charge < -0.3 is 18.3 Å². The number of fused-ring (bicyclic) bond motifs is 4. The molecule has 0 bridgehead atoms. The second kappa shape index (κ2) is 8.27. The summed E-state index contributed by atoms with van der Waals surface area (Å²) in [6.45, 7) is 1.79. The highest BCUT2D eigenvalue weighted by atomic mass is 16.5. The van der Waals surface area contributed by atoms with Crippen LogP contribution in [0.5, 0.6) is 11.5 Å². The minimum Gasteiger partial charge on any atom is -0.496 e. The molecular formula is C32H24O5. The lowest BCUT2D eigenvalue weighted by Crippen LogP contribution is -2.16. The van der Waals surface area contributed by atoms with Crippen LogP contribution >= 0.6 is 0 Å². The van der Waals surface area contributed by atoms with Crippen LogP contribution in [0.25, 0.3) is 44.2 Å². The van der Waals surface area contributed by atoms with Crippen LogP contribution in [0.4, 0.5) is 0 Å². The molecule has 0 saturated carbocycles. The lowest BCUT2D eigenvalue weighted by molar-refractivity contribution is 0.177. The Labute approximate surface area is 212 Å². The lowest BCUT2D eigenvalue weighted by Gasteiger charge is -2.29. The van der Waals surface area contributed by atoms with Crippen LogP contribution in [-0.4, -0.2) is 7.11 Å². The van der Waals surface area contributed by atoms with Gasteiger partial charge in [-0.15, -0.1) is 0 Å². The second-order valence-electron chi connectivity index (χ2n) is 9.51. The largest absolute Gasteiger partial charge is 0.496 e. The Kier molecular flexibility index (Phi) is 4.86. The third-order valence-corrected chi connectivity index (χ3v) is 7.37. The van der Waals surface area contributed by atoms with Crippen molar-refractivity contribution in [1.29, 1.82) is 0 Å². The summed E-state index contributed by atoms with van der Waals surface area (Å²) in [6, 6.07) is 25.7. The quantitative estimate of drug-likeness (QED) is 0.188. The topological polar surface area (TPSA) is 61.8 Å². The molecule has 0 N–H and O–H groups in total. The van der Waals surface area contributed by atoms with E-state index in [1.165, 1.54) is 0 Å². The molecule has 4 aromatic carbocycles. The molecule has 5 nitrogen and oxygen atoms in total. The molecule has 0 radical (unpaired) electrons. The van der Waals surface area contributed by atoms with E-state index in [0.29, 0.717) is 28.1 Å². The van der Waals surface area contributed by atoms with Gasteiger partial charge in [-0.1, -0.05) is 60.7 Å². The Morgan fingerprint density at radius 1 is 0.865 bits per heavy atom. The van der Waals surface area contributed by atoms with Crippen molar-refractivity contribution in [2.45, 2.75) is 25.9 Å². The lowest BCUT2D eigenvalue weighted by atomic mass is 9.93. The van der Waals surface area contributed by atoms with Crippen molar-refractivity contribution in [2.24, 2.45) is 0 Å². The van der Waals surface area contributed by atoms with Gasteiger partial charge in [0.25, 0.3) is 0 Å². The van der Waals surface area contributed by atoms with Crippen LogP contribution in [0, 0.1) is 6.92 Å². The third kappa shape index (κ3) is 3.34. The monoisotopic (exact) mass is 488 g/mol. The highest BCUT2D eigenvalue weighted by Gasteiger charge is 2.29. The third-order valence-electron chi connectivity index (χ3n) is 7.37. The van der Waals surface area contributed by atoms with E-state index < -0.39 is 0 Å². The molecule has 2 aromatic heterocycles. The predicted molar refractivity (Wildman–Crippen MR) is 145 cm³/mol. The molecular weight excluding hydrogens is 464 g/mol. The Balaban J connectivity index is 1.61. The standard InChI is InChI=1S/C32H24O5/c1-18-23(33)16-27-29-22(15-25(35-27)20-11-7-4-8-12-20)30-28(37-31(18)29)17-26(34-2)21-13-14-24(36-32(21)30)19-9-5-3-6-10-19/h3-12,15-17,24H,13-14H2,1-2H3/t24-/m0/s1. The molecule has 0 aliphatic carbocycles. The minimum atomic E-state index is -0.129. The SMILES string of the molecule is COc1cc2oc3c(C)c(=O)cc4oc(-c5ccccc5)cc(c2c2c1CC[C@@H](c1ccccc1)O2)c43. The normalized spacial score (nSPS) is 15.1. The molecule has 0 spiro atoms. The van der Waals surface area contributed by atoms with Crippen molar-refractivity contribution in [3.05, 3.63) is 106 Å². The number of benzene rings is 4. The van der Waals surface area contributed by atoms with Gasteiger partial charge in [0.1, 0.15) is 40.1 Å². The molecule has 0 amide bonds. The molecule has 3 heterocycles. The number of ether oxygens (including phenoxy) is 2. The first-order chi connectivity index (χ1) is 18.1. The first kappa shape index (κ1) is 21.7. The Bertz CT molecular complexity index is 1860. The van der Waals surface area contributed by atoms with Gasteiger partial charge in [-0.25, -0.2) is 0 Å². The molecule has 0 saturated heterocycles. The van der Waals surface area contributed by atoms with Crippen molar-refractivity contribution in [3.63, 3.8) is 0 Å². The summed E-state index contributed by atoms with van der Waals surface area (Å²) in [5, 5.41) is 2.56. The molecule has 1 atom stereocenters. The first-order valence-electron chi connectivity index (χ1n) is 12.4. The first-order valence-corrected chi connectivity index (χ1v) is 12.4. The smallest absolute Gasteiger partial charge is 0.189 e. The molecule has 1 aliphatic rings. The molecule has 182 valence electrons. The van der Waals surface area contributed by atoms with E-state index in [4.69, 9.17) is 18.3 Å². The molecule has 7 rings (SSSR count). The zero-order valence-electron chi connectivity index (χ0n) is 20.5. The number of methoxy groups -OCH3 is 1. The van der Waals surface area contributed by atoms with Crippen molar-refractivity contribution in [2.75, 3.05) is 7.11 Å².